The molecule has 0 bridgehead atoms. The van der Waals surface area contributed by atoms with Gasteiger partial charge in [0, 0.05) is 0 Å². The van der Waals surface area contributed by atoms with E-state index in [-0.39, 0.29) is 6.04 Å². The molecule has 2 heterocycles. The van der Waals surface area contributed by atoms with Gasteiger partial charge in [0.2, 0.25) is 11.9 Å². The van der Waals surface area contributed by atoms with Crippen LogP contribution in [0.5, 0.6) is 0 Å². The van der Waals surface area contributed by atoms with Crippen molar-refractivity contribution in [3.8, 4) is 0 Å². The lowest BCUT2D eigenvalue weighted by atomic mass is 9.97. The summed E-state index contributed by atoms with van der Waals surface area (Å²) in [5, 5.41) is 0. The van der Waals surface area contributed by atoms with Crippen molar-refractivity contribution < 1.29 is 0 Å². The van der Waals surface area contributed by atoms with Crippen molar-refractivity contribution in [3.63, 3.8) is 0 Å². The molecule has 0 amide bonds. The Bertz CT molecular complexity index is 911. The topological polar surface area (TPSA) is 80.6 Å². The first-order chi connectivity index (χ1) is 13.4. The monoisotopic (exact) mass is 355 g/mol. The summed E-state index contributed by atoms with van der Waals surface area (Å²) in [6.45, 7) is 0. The van der Waals surface area contributed by atoms with Crippen LogP contribution >= 0.6 is 0 Å². The molecule has 0 aliphatic rings. The molecule has 132 valence electrons. The first-order valence-corrected chi connectivity index (χ1v) is 8.54. The van der Waals surface area contributed by atoms with Crippen molar-refractivity contribution in [2.24, 2.45) is 0 Å². The van der Waals surface area contributed by atoms with E-state index in [1.54, 1.807) is 0 Å². The van der Waals surface area contributed by atoms with Gasteiger partial charge in [0.1, 0.15) is 25.3 Å². The first kappa shape index (κ1) is 16.7. The van der Waals surface area contributed by atoms with E-state index in [1.165, 1.54) is 30.9 Å². The SMILES string of the molecule is c1ccc(CC(c2ccccc2)N(c2ncncn2)c2ncncn2)cc1. The molecule has 4 rings (SSSR count). The van der Waals surface area contributed by atoms with Gasteiger partial charge in [0.25, 0.3) is 0 Å². The van der Waals surface area contributed by atoms with Crippen molar-refractivity contribution in [3.05, 3.63) is 97.1 Å². The summed E-state index contributed by atoms with van der Waals surface area (Å²) in [7, 11) is 0. The third kappa shape index (κ3) is 3.92. The molecule has 2 aromatic carbocycles. The van der Waals surface area contributed by atoms with Crippen LogP contribution in [-0.2, 0) is 6.42 Å². The number of aromatic nitrogens is 6. The third-order valence-electron chi connectivity index (χ3n) is 4.16. The highest BCUT2D eigenvalue weighted by molar-refractivity contribution is 5.51. The summed E-state index contributed by atoms with van der Waals surface area (Å²) >= 11 is 0. The van der Waals surface area contributed by atoms with Crippen LogP contribution in [0.2, 0.25) is 0 Å². The first-order valence-electron chi connectivity index (χ1n) is 8.54. The zero-order valence-corrected chi connectivity index (χ0v) is 14.5. The summed E-state index contributed by atoms with van der Waals surface area (Å²) < 4.78 is 0. The maximum Gasteiger partial charge on any atom is 0.235 e. The van der Waals surface area contributed by atoms with Gasteiger partial charge in [-0.1, -0.05) is 60.7 Å². The number of rotatable bonds is 6. The third-order valence-corrected chi connectivity index (χ3v) is 4.16. The number of hydrogen-bond donors (Lipinski definition) is 0. The van der Waals surface area contributed by atoms with Crippen molar-refractivity contribution in [1.82, 2.24) is 29.9 Å². The van der Waals surface area contributed by atoms with Gasteiger partial charge in [-0.05, 0) is 17.5 Å². The van der Waals surface area contributed by atoms with E-state index in [9.17, 15) is 0 Å². The lowest BCUT2D eigenvalue weighted by Crippen LogP contribution is -2.29. The van der Waals surface area contributed by atoms with E-state index in [0.29, 0.717) is 11.9 Å². The van der Waals surface area contributed by atoms with Gasteiger partial charge in [-0.15, -0.1) is 0 Å². The molecule has 0 spiro atoms. The van der Waals surface area contributed by atoms with Crippen LogP contribution in [0.3, 0.4) is 0 Å². The van der Waals surface area contributed by atoms with Gasteiger partial charge < -0.3 is 0 Å². The predicted molar refractivity (Wildman–Crippen MR) is 101 cm³/mol. The van der Waals surface area contributed by atoms with E-state index in [2.05, 4.69) is 54.2 Å². The fraction of sp³-hybridized carbons (Fsp3) is 0.100. The smallest absolute Gasteiger partial charge is 0.235 e. The molecular formula is C20H17N7. The molecule has 0 aliphatic carbocycles. The molecule has 0 saturated carbocycles. The lowest BCUT2D eigenvalue weighted by molar-refractivity contribution is 0.656. The molecule has 1 atom stereocenters. The number of hydrogen-bond acceptors (Lipinski definition) is 7. The summed E-state index contributed by atoms with van der Waals surface area (Å²) in [4.78, 5) is 27.2. The molecule has 0 aliphatic heterocycles. The molecule has 27 heavy (non-hydrogen) atoms. The van der Waals surface area contributed by atoms with Crippen molar-refractivity contribution >= 4 is 11.9 Å². The quantitative estimate of drug-likeness (QED) is 0.525. The van der Waals surface area contributed by atoms with Crippen molar-refractivity contribution in [1.29, 1.82) is 0 Å². The minimum atomic E-state index is -0.0987. The molecule has 1 unspecified atom stereocenters. The minimum absolute atomic E-state index is 0.0987. The van der Waals surface area contributed by atoms with Gasteiger partial charge in [0.05, 0.1) is 6.04 Å². The highest BCUT2D eigenvalue weighted by Gasteiger charge is 2.27. The highest BCUT2D eigenvalue weighted by atomic mass is 15.4. The number of nitrogens with zero attached hydrogens (tertiary/aromatic N) is 7. The van der Waals surface area contributed by atoms with Crippen LogP contribution in [0.15, 0.2) is 86.0 Å². The lowest BCUT2D eigenvalue weighted by Gasteiger charge is -2.30. The van der Waals surface area contributed by atoms with E-state index >= 15 is 0 Å². The van der Waals surface area contributed by atoms with Crippen molar-refractivity contribution in [2.45, 2.75) is 12.5 Å². The highest BCUT2D eigenvalue weighted by Crippen LogP contribution is 2.32. The van der Waals surface area contributed by atoms with Crippen LogP contribution in [0.4, 0.5) is 11.9 Å². The fourth-order valence-corrected chi connectivity index (χ4v) is 2.95. The molecule has 0 fully saturated rings. The molecule has 0 saturated heterocycles. The van der Waals surface area contributed by atoms with Crippen molar-refractivity contribution in [2.75, 3.05) is 4.90 Å². The summed E-state index contributed by atoms with van der Waals surface area (Å²) in [5.41, 5.74) is 2.31. The maximum atomic E-state index is 4.35. The molecular weight excluding hydrogens is 338 g/mol. The fourth-order valence-electron chi connectivity index (χ4n) is 2.95. The average Bonchev–Trinajstić information content (AvgIpc) is 2.76. The van der Waals surface area contributed by atoms with Gasteiger partial charge in [-0.3, -0.25) is 4.90 Å². The van der Waals surface area contributed by atoms with Gasteiger partial charge in [-0.2, -0.15) is 0 Å². The largest absolute Gasteiger partial charge is 0.271 e. The van der Waals surface area contributed by atoms with E-state index in [0.717, 1.165) is 12.0 Å². The van der Waals surface area contributed by atoms with Crippen LogP contribution < -0.4 is 4.90 Å². The van der Waals surface area contributed by atoms with Crippen LogP contribution in [-0.4, -0.2) is 29.9 Å². The van der Waals surface area contributed by atoms with Gasteiger partial charge >= 0.3 is 0 Å². The normalized spacial score (nSPS) is 11.7. The van der Waals surface area contributed by atoms with Gasteiger partial charge in [-0.25, -0.2) is 29.9 Å². The Morgan fingerprint density at radius 2 is 1.11 bits per heavy atom. The Morgan fingerprint density at radius 1 is 0.630 bits per heavy atom. The molecule has 7 heteroatoms. The number of benzene rings is 2. The zero-order chi connectivity index (χ0) is 18.3. The second-order valence-corrected chi connectivity index (χ2v) is 5.86. The number of anilines is 2. The Balaban J connectivity index is 1.83. The minimum Gasteiger partial charge on any atom is -0.271 e. The Kier molecular flexibility index (Phi) is 5.01. The Hall–Kier alpha value is -3.74. The summed E-state index contributed by atoms with van der Waals surface area (Å²) in [5.74, 6) is 0.974. The van der Waals surface area contributed by atoms with Gasteiger partial charge in [0.15, 0.2) is 0 Å². The zero-order valence-electron chi connectivity index (χ0n) is 14.5. The standard InChI is InChI=1S/C20H17N7/c1-3-7-16(8-4-1)11-18(17-9-5-2-6-10-17)27(19-23-12-21-13-24-19)20-25-14-22-15-26-20/h1-10,12-15,18H,11H2. The Morgan fingerprint density at radius 3 is 1.63 bits per heavy atom. The molecule has 0 radical (unpaired) electrons. The second kappa shape index (κ2) is 8.09. The van der Waals surface area contributed by atoms with Crippen LogP contribution in [0.1, 0.15) is 17.2 Å². The molecule has 0 N–H and O–H groups in total. The molecule has 2 aromatic heterocycles. The summed E-state index contributed by atoms with van der Waals surface area (Å²) in [6, 6.07) is 20.4. The van der Waals surface area contributed by atoms with Crippen LogP contribution in [0, 0.1) is 0 Å². The Labute approximate surface area is 156 Å². The maximum absolute atomic E-state index is 4.35. The van der Waals surface area contributed by atoms with E-state index in [4.69, 9.17) is 0 Å². The molecule has 7 nitrogen and oxygen atoms in total. The average molecular weight is 355 g/mol. The van der Waals surface area contributed by atoms with Crippen LogP contribution in [0.25, 0.3) is 0 Å². The predicted octanol–water partition coefficient (Wildman–Crippen LogP) is 3.18. The van der Waals surface area contributed by atoms with E-state index < -0.39 is 0 Å². The molecule has 4 aromatic rings. The summed E-state index contributed by atoms with van der Waals surface area (Å²) in [6.07, 6.45) is 6.63. The second-order valence-electron chi connectivity index (χ2n) is 5.86. The van der Waals surface area contributed by atoms with E-state index in [1.807, 2.05) is 41.3 Å².